The summed E-state index contributed by atoms with van der Waals surface area (Å²) in [5.41, 5.74) is 0. The molecule has 0 aromatic rings. The number of unbranched alkanes of at least 4 members (excludes halogenated alkanes) is 9. The van der Waals surface area contributed by atoms with Gasteiger partial charge in [-0.1, -0.05) is 97.1 Å². The van der Waals surface area contributed by atoms with E-state index in [-0.39, 0.29) is 0 Å². The second-order valence-corrected chi connectivity index (χ2v) is 6.05. The van der Waals surface area contributed by atoms with Crippen molar-refractivity contribution in [1.29, 1.82) is 0 Å². The van der Waals surface area contributed by atoms with Gasteiger partial charge >= 0.3 is 0 Å². The van der Waals surface area contributed by atoms with Crippen LogP contribution in [0.5, 0.6) is 0 Å². The summed E-state index contributed by atoms with van der Waals surface area (Å²) >= 11 is 5.51. The summed E-state index contributed by atoms with van der Waals surface area (Å²) in [6.07, 6.45) is 17.9. The van der Waals surface area contributed by atoms with Crippen molar-refractivity contribution in [3.63, 3.8) is 0 Å². The van der Waals surface area contributed by atoms with Gasteiger partial charge in [0, 0.05) is 5.25 Å². The summed E-state index contributed by atoms with van der Waals surface area (Å²) in [6.45, 7) is 4.55. The van der Waals surface area contributed by atoms with Crippen molar-refractivity contribution in [2.45, 2.75) is 103 Å². The molecule has 0 aromatic heterocycles. The van der Waals surface area contributed by atoms with Crippen LogP contribution in [0.2, 0.25) is 0 Å². The van der Waals surface area contributed by atoms with E-state index in [9.17, 15) is 0 Å². The zero-order valence-electron chi connectivity index (χ0n) is 12.2. The molecule has 0 amide bonds. The molecular formula is C16H33S. The topological polar surface area (TPSA) is 0 Å². The molecule has 17 heavy (non-hydrogen) atoms. The first-order valence-corrected chi connectivity index (χ1v) is 8.44. The highest BCUT2D eigenvalue weighted by molar-refractivity contribution is 7.80. The Balaban J connectivity index is 3.08. The Kier molecular flexibility index (Phi) is 14.7. The first kappa shape index (κ1) is 17.4. The van der Waals surface area contributed by atoms with Crippen LogP contribution in [-0.4, -0.2) is 5.25 Å². The fraction of sp³-hybridized carbons (Fsp3) is 1.00. The van der Waals surface area contributed by atoms with E-state index in [4.69, 9.17) is 12.6 Å². The average Bonchev–Trinajstić information content (AvgIpc) is 2.33. The van der Waals surface area contributed by atoms with Crippen LogP contribution in [0.1, 0.15) is 97.3 Å². The molecule has 0 nitrogen and oxygen atoms in total. The van der Waals surface area contributed by atoms with Crippen molar-refractivity contribution in [2.75, 3.05) is 0 Å². The summed E-state index contributed by atoms with van der Waals surface area (Å²) in [7, 11) is 0. The fourth-order valence-electron chi connectivity index (χ4n) is 2.27. The van der Waals surface area contributed by atoms with Gasteiger partial charge in [-0.25, -0.2) is 0 Å². The van der Waals surface area contributed by atoms with E-state index in [1.807, 2.05) is 0 Å². The summed E-state index contributed by atoms with van der Waals surface area (Å²) in [5, 5.41) is 0.558. The van der Waals surface area contributed by atoms with Gasteiger partial charge in [-0.05, 0) is 12.8 Å². The SMILES string of the molecule is CCCCCCCCCC([S])CCCCCC. The summed E-state index contributed by atoms with van der Waals surface area (Å²) < 4.78 is 0. The van der Waals surface area contributed by atoms with E-state index in [0.29, 0.717) is 5.25 Å². The molecule has 0 aliphatic carbocycles. The Morgan fingerprint density at radius 2 is 0.941 bits per heavy atom. The number of hydrogen-bond acceptors (Lipinski definition) is 0. The molecule has 0 heterocycles. The molecule has 1 unspecified atom stereocenters. The molecule has 0 aliphatic rings. The fourth-order valence-corrected chi connectivity index (χ4v) is 2.61. The first-order valence-electron chi connectivity index (χ1n) is 7.97. The maximum absolute atomic E-state index is 5.51. The Bertz CT molecular complexity index is 133. The lowest BCUT2D eigenvalue weighted by Crippen LogP contribution is -1.98. The Labute approximate surface area is 115 Å². The standard InChI is InChI=1S/C16H33S/c1-3-5-7-9-10-11-13-15-16(17)14-12-8-6-4-2/h16H,3-15H2,1-2H3. The molecule has 0 fully saturated rings. The second-order valence-electron chi connectivity index (χ2n) is 5.38. The Morgan fingerprint density at radius 3 is 1.41 bits per heavy atom. The molecule has 0 bridgehead atoms. The van der Waals surface area contributed by atoms with Gasteiger partial charge < -0.3 is 0 Å². The van der Waals surface area contributed by atoms with E-state index in [0.717, 1.165) is 0 Å². The van der Waals surface area contributed by atoms with Gasteiger partial charge in [0.05, 0.1) is 0 Å². The van der Waals surface area contributed by atoms with Crippen LogP contribution >= 0.6 is 12.6 Å². The van der Waals surface area contributed by atoms with Gasteiger partial charge in [-0.2, -0.15) is 0 Å². The Morgan fingerprint density at radius 1 is 0.588 bits per heavy atom. The minimum atomic E-state index is 0.558. The molecule has 0 spiro atoms. The van der Waals surface area contributed by atoms with Gasteiger partial charge in [0.25, 0.3) is 0 Å². The van der Waals surface area contributed by atoms with E-state index in [1.165, 1.54) is 83.5 Å². The van der Waals surface area contributed by atoms with Gasteiger partial charge in [0.1, 0.15) is 0 Å². The van der Waals surface area contributed by atoms with Crippen molar-refractivity contribution in [3.8, 4) is 0 Å². The lowest BCUT2D eigenvalue weighted by molar-refractivity contribution is 0.547. The van der Waals surface area contributed by atoms with Crippen LogP contribution in [0.4, 0.5) is 0 Å². The van der Waals surface area contributed by atoms with E-state index in [2.05, 4.69) is 13.8 Å². The van der Waals surface area contributed by atoms with Gasteiger partial charge in [-0.15, -0.1) is 0 Å². The maximum atomic E-state index is 5.51. The van der Waals surface area contributed by atoms with Crippen LogP contribution < -0.4 is 0 Å². The molecule has 1 heteroatoms. The van der Waals surface area contributed by atoms with Crippen LogP contribution in [-0.2, 0) is 0 Å². The van der Waals surface area contributed by atoms with Gasteiger partial charge in [-0.3, -0.25) is 0 Å². The third-order valence-electron chi connectivity index (χ3n) is 3.51. The second kappa shape index (κ2) is 14.4. The smallest absolute Gasteiger partial charge is 0.0151 e. The van der Waals surface area contributed by atoms with Crippen molar-refractivity contribution < 1.29 is 0 Å². The largest absolute Gasteiger partial charge is 0.0904 e. The Hall–Kier alpha value is 0.350. The average molecular weight is 258 g/mol. The van der Waals surface area contributed by atoms with Crippen molar-refractivity contribution in [2.24, 2.45) is 0 Å². The summed E-state index contributed by atoms with van der Waals surface area (Å²) in [4.78, 5) is 0. The molecule has 0 aromatic carbocycles. The minimum absolute atomic E-state index is 0.558. The molecule has 0 saturated carbocycles. The quantitative estimate of drug-likeness (QED) is 0.323. The van der Waals surface area contributed by atoms with E-state index in [1.54, 1.807) is 0 Å². The van der Waals surface area contributed by atoms with Crippen molar-refractivity contribution >= 4 is 12.6 Å². The lowest BCUT2D eigenvalue weighted by atomic mass is 10.0. The molecule has 0 rings (SSSR count). The highest BCUT2D eigenvalue weighted by Gasteiger charge is 2.03. The maximum Gasteiger partial charge on any atom is 0.0151 e. The van der Waals surface area contributed by atoms with Crippen LogP contribution in [0, 0.1) is 0 Å². The summed E-state index contributed by atoms with van der Waals surface area (Å²) in [6, 6.07) is 0. The monoisotopic (exact) mass is 257 g/mol. The zero-order valence-corrected chi connectivity index (χ0v) is 13.0. The van der Waals surface area contributed by atoms with Gasteiger partial charge in [0.15, 0.2) is 0 Å². The third-order valence-corrected chi connectivity index (χ3v) is 3.98. The molecular weight excluding hydrogens is 224 g/mol. The van der Waals surface area contributed by atoms with Crippen molar-refractivity contribution in [1.82, 2.24) is 0 Å². The lowest BCUT2D eigenvalue weighted by Gasteiger charge is -2.09. The molecule has 103 valence electrons. The predicted molar refractivity (Wildman–Crippen MR) is 82.7 cm³/mol. The normalized spacial score (nSPS) is 12.9. The zero-order chi connectivity index (χ0) is 12.8. The molecule has 0 N–H and O–H groups in total. The van der Waals surface area contributed by atoms with E-state index < -0.39 is 0 Å². The van der Waals surface area contributed by atoms with Crippen LogP contribution in [0.15, 0.2) is 0 Å². The summed E-state index contributed by atoms with van der Waals surface area (Å²) in [5.74, 6) is 0. The molecule has 1 radical (unpaired) electrons. The van der Waals surface area contributed by atoms with Crippen molar-refractivity contribution in [3.05, 3.63) is 0 Å². The highest BCUT2D eigenvalue weighted by atomic mass is 32.1. The first-order chi connectivity index (χ1) is 8.31. The number of hydrogen-bond donors (Lipinski definition) is 0. The van der Waals surface area contributed by atoms with Gasteiger partial charge in [0.2, 0.25) is 0 Å². The minimum Gasteiger partial charge on any atom is -0.0904 e. The van der Waals surface area contributed by atoms with Crippen LogP contribution in [0.3, 0.4) is 0 Å². The highest BCUT2D eigenvalue weighted by Crippen LogP contribution is 2.17. The molecule has 0 saturated heterocycles. The molecule has 1 atom stereocenters. The molecule has 0 aliphatic heterocycles. The third kappa shape index (κ3) is 14.3. The van der Waals surface area contributed by atoms with Crippen LogP contribution in [0.25, 0.3) is 0 Å². The predicted octanol–water partition coefficient (Wildman–Crippen LogP) is 6.66. The van der Waals surface area contributed by atoms with E-state index >= 15 is 0 Å². The number of rotatable bonds is 13.